The third kappa shape index (κ3) is 4.07. The zero-order valence-corrected chi connectivity index (χ0v) is 19.2. The van der Waals surface area contributed by atoms with Crippen LogP contribution in [-0.2, 0) is 13.1 Å². The zero-order chi connectivity index (χ0) is 23.5. The predicted octanol–water partition coefficient (Wildman–Crippen LogP) is 3.71. The van der Waals surface area contributed by atoms with Crippen LogP contribution in [0, 0.1) is 0 Å². The largest absolute Gasteiger partial charge is 0.493 e. The number of nitrogens with zero attached hydrogens (tertiary/aromatic N) is 3. The molecule has 4 rings (SSSR count). The van der Waals surface area contributed by atoms with Crippen molar-refractivity contribution in [1.29, 1.82) is 0 Å². The number of aromatic nitrogens is 2. The Kier molecular flexibility index (Phi) is 6.41. The summed E-state index contributed by atoms with van der Waals surface area (Å²) in [5.41, 5.74) is 2.21. The van der Waals surface area contributed by atoms with E-state index < -0.39 is 12.3 Å². The van der Waals surface area contributed by atoms with E-state index in [1.807, 2.05) is 54.0 Å². The SMILES string of the molecule is CCCn1c(-c2cc(OC)c(OC)c(OC)c2)nc2c1C(O)NC(=O)N2Cc1ccccc1. The van der Waals surface area contributed by atoms with Gasteiger partial charge in [0.2, 0.25) is 5.75 Å². The van der Waals surface area contributed by atoms with E-state index in [1.165, 1.54) is 0 Å². The predicted molar refractivity (Wildman–Crippen MR) is 124 cm³/mol. The minimum atomic E-state index is -1.17. The summed E-state index contributed by atoms with van der Waals surface area (Å²) >= 11 is 0. The lowest BCUT2D eigenvalue weighted by atomic mass is 10.1. The van der Waals surface area contributed by atoms with Crippen molar-refractivity contribution in [1.82, 2.24) is 14.9 Å². The van der Waals surface area contributed by atoms with Gasteiger partial charge in [-0.25, -0.2) is 9.78 Å². The number of anilines is 1. The number of nitrogens with one attached hydrogen (secondary N) is 1. The van der Waals surface area contributed by atoms with Crippen LogP contribution < -0.4 is 24.4 Å². The number of ether oxygens (including phenoxy) is 3. The summed E-state index contributed by atoms with van der Waals surface area (Å²) in [5.74, 6) is 2.48. The Morgan fingerprint density at radius 1 is 1.06 bits per heavy atom. The van der Waals surface area contributed by atoms with Crippen molar-refractivity contribution in [2.75, 3.05) is 26.2 Å². The van der Waals surface area contributed by atoms with Crippen LogP contribution in [0.1, 0.15) is 30.8 Å². The summed E-state index contributed by atoms with van der Waals surface area (Å²) < 4.78 is 18.4. The number of methoxy groups -OCH3 is 3. The van der Waals surface area contributed by atoms with Gasteiger partial charge in [-0.15, -0.1) is 0 Å². The van der Waals surface area contributed by atoms with Crippen LogP contribution in [0.2, 0.25) is 0 Å². The number of urea groups is 1. The maximum Gasteiger partial charge on any atom is 0.325 e. The number of hydrogen-bond acceptors (Lipinski definition) is 6. The van der Waals surface area contributed by atoms with Crippen LogP contribution in [0.5, 0.6) is 17.2 Å². The van der Waals surface area contributed by atoms with E-state index in [-0.39, 0.29) is 0 Å². The molecule has 2 aromatic carbocycles. The van der Waals surface area contributed by atoms with Crippen molar-refractivity contribution in [3.05, 3.63) is 53.7 Å². The first kappa shape index (κ1) is 22.5. The second-order valence-electron chi connectivity index (χ2n) is 7.63. The molecule has 3 aromatic rings. The molecule has 2 N–H and O–H groups in total. The minimum absolute atomic E-state index is 0.324. The summed E-state index contributed by atoms with van der Waals surface area (Å²) in [4.78, 5) is 19.2. The first-order valence-corrected chi connectivity index (χ1v) is 10.7. The quantitative estimate of drug-likeness (QED) is 0.541. The highest BCUT2D eigenvalue weighted by atomic mass is 16.5. The molecule has 0 saturated heterocycles. The molecule has 0 aliphatic carbocycles. The average Bonchev–Trinajstić information content (AvgIpc) is 3.21. The Balaban J connectivity index is 1.89. The lowest BCUT2D eigenvalue weighted by molar-refractivity contribution is 0.132. The first-order valence-electron chi connectivity index (χ1n) is 10.7. The van der Waals surface area contributed by atoms with Crippen molar-refractivity contribution >= 4 is 11.8 Å². The van der Waals surface area contributed by atoms with E-state index in [0.717, 1.165) is 12.0 Å². The normalized spacial score (nSPS) is 15.1. The Labute approximate surface area is 192 Å². The monoisotopic (exact) mass is 452 g/mol. The molecule has 0 radical (unpaired) electrons. The molecule has 1 aliphatic heterocycles. The van der Waals surface area contributed by atoms with Crippen molar-refractivity contribution < 1.29 is 24.1 Å². The second-order valence-corrected chi connectivity index (χ2v) is 7.63. The highest BCUT2D eigenvalue weighted by molar-refractivity contribution is 5.94. The highest BCUT2D eigenvalue weighted by Crippen LogP contribution is 2.43. The molecule has 2 amide bonds. The molecule has 0 fully saturated rings. The fraction of sp³-hybridized carbons (Fsp3) is 0.333. The average molecular weight is 453 g/mol. The Bertz CT molecular complexity index is 1120. The molecule has 0 spiro atoms. The van der Waals surface area contributed by atoms with Gasteiger partial charge >= 0.3 is 6.03 Å². The molecule has 174 valence electrons. The van der Waals surface area contributed by atoms with Crippen molar-refractivity contribution in [2.45, 2.75) is 32.7 Å². The molecular weight excluding hydrogens is 424 g/mol. The van der Waals surface area contributed by atoms with Gasteiger partial charge in [0.15, 0.2) is 23.5 Å². The number of hydrogen-bond donors (Lipinski definition) is 2. The van der Waals surface area contributed by atoms with E-state index in [4.69, 9.17) is 19.2 Å². The van der Waals surface area contributed by atoms with E-state index in [9.17, 15) is 9.90 Å². The maximum atomic E-state index is 12.8. The Morgan fingerprint density at radius 3 is 2.30 bits per heavy atom. The first-order chi connectivity index (χ1) is 16.0. The molecule has 0 saturated carbocycles. The van der Waals surface area contributed by atoms with Gasteiger partial charge < -0.3 is 29.2 Å². The topological polar surface area (TPSA) is 98.1 Å². The molecule has 9 heteroatoms. The van der Waals surface area contributed by atoms with Crippen LogP contribution in [0.25, 0.3) is 11.4 Å². The highest BCUT2D eigenvalue weighted by Gasteiger charge is 2.36. The molecule has 1 unspecified atom stereocenters. The molecule has 1 atom stereocenters. The number of benzene rings is 2. The van der Waals surface area contributed by atoms with E-state index >= 15 is 0 Å². The standard InChI is InChI=1S/C24H28N4O5/c1-5-11-27-19-22(28(24(30)26-23(19)29)14-15-9-7-6-8-10-15)25-21(27)16-12-17(31-2)20(33-4)18(13-16)32-3/h6-10,12-13,23,29H,5,11,14H2,1-4H3,(H,26,30). The number of amides is 2. The van der Waals surface area contributed by atoms with Gasteiger partial charge in [0.25, 0.3) is 0 Å². The smallest absolute Gasteiger partial charge is 0.325 e. The van der Waals surface area contributed by atoms with E-state index in [2.05, 4.69) is 5.32 Å². The van der Waals surface area contributed by atoms with Crippen molar-refractivity contribution in [3.8, 4) is 28.6 Å². The molecule has 33 heavy (non-hydrogen) atoms. The summed E-state index contributed by atoms with van der Waals surface area (Å²) in [7, 11) is 4.66. The Hall–Kier alpha value is -3.72. The van der Waals surface area contributed by atoms with Crippen LogP contribution in [0.3, 0.4) is 0 Å². The number of rotatable bonds is 8. The third-order valence-corrected chi connectivity index (χ3v) is 5.56. The summed E-state index contributed by atoms with van der Waals surface area (Å²) in [5, 5.41) is 13.4. The van der Waals surface area contributed by atoms with Crippen molar-refractivity contribution in [2.24, 2.45) is 0 Å². The maximum absolute atomic E-state index is 12.8. The summed E-state index contributed by atoms with van der Waals surface area (Å²) in [6.45, 7) is 2.96. The molecule has 0 bridgehead atoms. The van der Waals surface area contributed by atoms with Crippen LogP contribution >= 0.6 is 0 Å². The van der Waals surface area contributed by atoms with E-state index in [1.54, 1.807) is 26.2 Å². The van der Waals surface area contributed by atoms with Gasteiger partial charge in [0.1, 0.15) is 11.5 Å². The number of aliphatic hydroxyl groups excluding tert-OH is 1. The molecule has 2 heterocycles. The molecule has 9 nitrogen and oxygen atoms in total. The second kappa shape index (κ2) is 9.41. The molecular formula is C24H28N4O5. The van der Waals surface area contributed by atoms with Gasteiger partial charge in [-0.05, 0) is 24.1 Å². The van der Waals surface area contributed by atoms with Crippen molar-refractivity contribution in [3.63, 3.8) is 0 Å². The van der Waals surface area contributed by atoms with E-state index in [0.29, 0.717) is 53.2 Å². The number of carbonyl (C=O) groups excluding carboxylic acids is 1. The fourth-order valence-electron chi connectivity index (χ4n) is 4.07. The zero-order valence-electron chi connectivity index (χ0n) is 19.2. The van der Waals surface area contributed by atoms with Crippen LogP contribution in [0.4, 0.5) is 10.6 Å². The Morgan fingerprint density at radius 2 is 1.73 bits per heavy atom. The van der Waals surface area contributed by atoms with Gasteiger partial charge in [0, 0.05) is 12.1 Å². The van der Waals surface area contributed by atoms with Gasteiger partial charge in [0.05, 0.1) is 27.9 Å². The number of imidazole rings is 1. The molecule has 1 aliphatic rings. The summed E-state index contributed by atoms with van der Waals surface area (Å²) in [6, 6.07) is 12.9. The third-order valence-electron chi connectivity index (χ3n) is 5.56. The van der Waals surface area contributed by atoms with Gasteiger partial charge in [-0.1, -0.05) is 37.3 Å². The molecule has 1 aromatic heterocycles. The van der Waals surface area contributed by atoms with Crippen LogP contribution in [-0.4, -0.2) is 42.0 Å². The van der Waals surface area contributed by atoms with Crippen LogP contribution in [0.15, 0.2) is 42.5 Å². The van der Waals surface area contributed by atoms with Gasteiger partial charge in [-0.2, -0.15) is 0 Å². The van der Waals surface area contributed by atoms with Gasteiger partial charge in [-0.3, -0.25) is 4.90 Å². The fourth-order valence-corrected chi connectivity index (χ4v) is 4.07. The summed E-state index contributed by atoms with van der Waals surface area (Å²) in [6.07, 6.45) is -0.367. The number of fused-ring (bicyclic) bond motifs is 1. The minimum Gasteiger partial charge on any atom is -0.493 e. The number of carbonyl (C=O) groups is 1. The lowest BCUT2D eigenvalue weighted by Crippen LogP contribution is -2.46. The number of aliphatic hydroxyl groups is 1. The lowest BCUT2D eigenvalue weighted by Gasteiger charge is -2.30.